The highest BCUT2D eigenvalue weighted by molar-refractivity contribution is 5.89. The highest BCUT2D eigenvalue weighted by atomic mass is 16.4. The number of aliphatic hydroxyl groups excluding tert-OH is 1. The van der Waals surface area contributed by atoms with Crippen LogP contribution in [0.15, 0.2) is 36.4 Å². The minimum Gasteiger partial charge on any atom is -0.478 e. The Kier molecular flexibility index (Phi) is 6.04. The monoisotopic (exact) mass is 294 g/mol. The van der Waals surface area contributed by atoms with Gasteiger partial charge >= 0.3 is 11.9 Å². The Balaban J connectivity index is 0.000000240. The minimum absolute atomic E-state index is 0.0254. The lowest BCUT2D eigenvalue weighted by molar-refractivity contribution is -0.134. The maximum atomic E-state index is 9.89. The van der Waals surface area contributed by atoms with Crippen molar-refractivity contribution < 1.29 is 24.9 Å². The topological polar surface area (TPSA) is 124 Å². The number of rotatable bonds is 3. The fraction of sp³-hybridized carbons (Fsp3) is 0.286. The van der Waals surface area contributed by atoms with Gasteiger partial charge in [0.05, 0.1) is 12.1 Å². The number of nitrogens with zero attached hydrogens (tertiary/aromatic N) is 1. The first-order valence-corrected chi connectivity index (χ1v) is 6.20. The third-order valence-corrected chi connectivity index (χ3v) is 3.06. The zero-order chi connectivity index (χ0) is 16.0. The standard InChI is InChI=1S/C10H14N2O.C4H4O4/c1-12(11)9-6-7-4-2-3-5-8(7)10(9)13;5-3(6)1-2-4(7)8/h2-5,9-10,13H,6,11H2,1H3;1-2H,(H,5,6)(H,7,8)/b;2-1-. The van der Waals surface area contributed by atoms with E-state index in [-0.39, 0.29) is 6.04 Å². The van der Waals surface area contributed by atoms with Gasteiger partial charge in [-0.15, -0.1) is 0 Å². The van der Waals surface area contributed by atoms with E-state index < -0.39 is 18.0 Å². The number of likely N-dealkylation sites (N-methyl/N-ethyl adjacent to an activating group) is 1. The van der Waals surface area contributed by atoms with Crippen molar-refractivity contribution in [2.45, 2.75) is 18.6 Å². The molecule has 21 heavy (non-hydrogen) atoms. The first kappa shape index (κ1) is 16.8. The molecule has 1 aliphatic carbocycles. The first-order chi connectivity index (χ1) is 9.82. The van der Waals surface area contributed by atoms with E-state index in [1.807, 2.05) is 24.3 Å². The van der Waals surface area contributed by atoms with Crippen molar-refractivity contribution in [2.75, 3.05) is 7.05 Å². The molecule has 0 saturated carbocycles. The van der Waals surface area contributed by atoms with E-state index in [9.17, 15) is 14.7 Å². The zero-order valence-electron chi connectivity index (χ0n) is 11.5. The largest absolute Gasteiger partial charge is 0.478 e. The number of carboxylic acid groups (broad SMARTS) is 2. The van der Waals surface area contributed by atoms with Crippen LogP contribution in [0.5, 0.6) is 0 Å². The summed E-state index contributed by atoms with van der Waals surface area (Å²) in [7, 11) is 1.79. The summed E-state index contributed by atoms with van der Waals surface area (Å²) in [6, 6.07) is 7.97. The molecule has 2 rings (SSSR count). The van der Waals surface area contributed by atoms with Crippen molar-refractivity contribution in [1.29, 1.82) is 0 Å². The van der Waals surface area contributed by atoms with Crippen LogP contribution in [0.1, 0.15) is 17.2 Å². The number of hydrogen-bond acceptors (Lipinski definition) is 5. The van der Waals surface area contributed by atoms with Crippen LogP contribution in [-0.2, 0) is 16.0 Å². The lowest BCUT2D eigenvalue weighted by atomic mass is 10.1. The maximum absolute atomic E-state index is 9.89. The number of aliphatic hydroxyl groups is 1. The second kappa shape index (κ2) is 7.53. The molecule has 0 bridgehead atoms. The molecule has 1 aliphatic rings. The molecule has 0 saturated heterocycles. The SMILES string of the molecule is CN(N)C1Cc2ccccc2C1O.O=C(O)/C=C\C(=O)O. The van der Waals surface area contributed by atoms with Crippen molar-refractivity contribution >= 4 is 11.9 Å². The molecule has 7 heteroatoms. The van der Waals surface area contributed by atoms with Crippen LogP contribution < -0.4 is 5.84 Å². The number of carbonyl (C=O) groups is 2. The molecule has 2 unspecified atom stereocenters. The van der Waals surface area contributed by atoms with E-state index in [2.05, 4.69) is 0 Å². The molecular weight excluding hydrogens is 276 g/mol. The van der Waals surface area contributed by atoms with Gasteiger partial charge in [-0.3, -0.25) is 5.84 Å². The van der Waals surface area contributed by atoms with Crippen LogP contribution in [0.4, 0.5) is 0 Å². The van der Waals surface area contributed by atoms with Crippen molar-refractivity contribution in [1.82, 2.24) is 5.01 Å². The molecule has 5 N–H and O–H groups in total. The van der Waals surface area contributed by atoms with Gasteiger partial charge in [-0.2, -0.15) is 0 Å². The first-order valence-electron chi connectivity index (χ1n) is 6.20. The van der Waals surface area contributed by atoms with E-state index >= 15 is 0 Å². The Morgan fingerprint density at radius 2 is 1.76 bits per heavy atom. The summed E-state index contributed by atoms with van der Waals surface area (Å²) >= 11 is 0. The Labute approximate surface area is 121 Å². The van der Waals surface area contributed by atoms with Gasteiger partial charge in [-0.05, 0) is 17.5 Å². The van der Waals surface area contributed by atoms with Gasteiger partial charge in [0.25, 0.3) is 0 Å². The third kappa shape index (κ3) is 4.99. The number of nitrogens with two attached hydrogens (primary N) is 1. The molecule has 0 heterocycles. The molecular formula is C14H18N2O5. The quantitative estimate of drug-likeness (QED) is 0.355. The highest BCUT2D eigenvalue weighted by Crippen LogP contribution is 2.32. The van der Waals surface area contributed by atoms with Crippen LogP contribution in [0.3, 0.4) is 0 Å². The highest BCUT2D eigenvalue weighted by Gasteiger charge is 2.32. The third-order valence-electron chi connectivity index (χ3n) is 3.06. The summed E-state index contributed by atoms with van der Waals surface area (Å²) in [6.45, 7) is 0. The normalized spacial score (nSPS) is 20.0. The van der Waals surface area contributed by atoms with Gasteiger partial charge in [-0.1, -0.05) is 24.3 Å². The lowest BCUT2D eigenvalue weighted by Gasteiger charge is -2.21. The summed E-state index contributed by atoms with van der Waals surface area (Å²) in [5.74, 6) is 3.13. The average molecular weight is 294 g/mol. The van der Waals surface area contributed by atoms with Crippen LogP contribution in [0.25, 0.3) is 0 Å². The second-order valence-corrected chi connectivity index (χ2v) is 4.59. The van der Waals surface area contributed by atoms with E-state index in [4.69, 9.17) is 16.1 Å². The van der Waals surface area contributed by atoms with Gasteiger partial charge < -0.3 is 15.3 Å². The molecule has 1 aromatic rings. The molecule has 0 amide bonds. The summed E-state index contributed by atoms with van der Waals surface area (Å²) in [5, 5.41) is 27.1. The Morgan fingerprint density at radius 1 is 1.24 bits per heavy atom. The predicted octanol–water partition coefficient (Wildman–Crippen LogP) is 0.162. The van der Waals surface area contributed by atoms with Gasteiger partial charge in [0.2, 0.25) is 0 Å². The molecule has 0 aliphatic heterocycles. The van der Waals surface area contributed by atoms with Gasteiger partial charge in [0.15, 0.2) is 0 Å². The number of benzene rings is 1. The van der Waals surface area contributed by atoms with E-state index in [0.29, 0.717) is 12.2 Å². The summed E-state index contributed by atoms with van der Waals surface area (Å²) in [6.07, 6.45) is 1.51. The van der Waals surface area contributed by atoms with Crippen LogP contribution in [0, 0.1) is 0 Å². The fourth-order valence-corrected chi connectivity index (χ4v) is 2.06. The summed E-state index contributed by atoms with van der Waals surface area (Å²) < 4.78 is 0. The van der Waals surface area contributed by atoms with Crippen molar-refractivity contribution in [3.8, 4) is 0 Å². The summed E-state index contributed by atoms with van der Waals surface area (Å²) in [5.41, 5.74) is 2.22. The molecule has 0 aromatic heterocycles. The van der Waals surface area contributed by atoms with E-state index in [1.165, 1.54) is 5.56 Å². The lowest BCUT2D eigenvalue weighted by Crippen LogP contribution is -2.40. The average Bonchev–Trinajstić information content (AvgIpc) is 2.75. The Bertz CT molecular complexity index is 526. The fourth-order valence-electron chi connectivity index (χ4n) is 2.06. The van der Waals surface area contributed by atoms with Gasteiger partial charge in [-0.25, -0.2) is 14.6 Å². The van der Waals surface area contributed by atoms with Crippen LogP contribution >= 0.6 is 0 Å². The van der Waals surface area contributed by atoms with Gasteiger partial charge in [0.1, 0.15) is 0 Å². The molecule has 0 radical (unpaired) electrons. The number of hydrogen-bond donors (Lipinski definition) is 4. The smallest absolute Gasteiger partial charge is 0.328 e. The molecule has 1 aromatic carbocycles. The van der Waals surface area contributed by atoms with Crippen LogP contribution in [-0.4, -0.2) is 45.4 Å². The molecule has 0 spiro atoms. The van der Waals surface area contributed by atoms with Crippen molar-refractivity contribution in [3.05, 3.63) is 47.5 Å². The predicted molar refractivity (Wildman–Crippen MR) is 75.3 cm³/mol. The molecule has 2 atom stereocenters. The zero-order valence-corrected chi connectivity index (χ0v) is 11.5. The number of aliphatic carboxylic acids is 2. The Hall–Kier alpha value is -2.22. The molecule has 114 valence electrons. The Morgan fingerprint density at radius 3 is 2.19 bits per heavy atom. The van der Waals surface area contributed by atoms with E-state index in [1.54, 1.807) is 12.1 Å². The number of hydrazine groups is 1. The molecule has 0 fully saturated rings. The van der Waals surface area contributed by atoms with Crippen molar-refractivity contribution in [3.63, 3.8) is 0 Å². The number of carboxylic acids is 2. The minimum atomic E-state index is -1.26. The second-order valence-electron chi connectivity index (χ2n) is 4.59. The van der Waals surface area contributed by atoms with Gasteiger partial charge in [0, 0.05) is 19.2 Å². The molecule has 7 nitrogen and oxygen atoms in total. The maximum Gasteiger partial charge on any atom is 0.328 e. The van der Waals surface area contributed by atoms with Crippen LogP contribution in [0.2, 0.25) is 0 Å². The summed E-state index contributed by atoms with van der Waals surface area (Å²) in [4.78, 5) is 19.1. The van der Waals surface area contributed by atoms with E-state index in [0.717, 1.165) is 12.0 Å². The van der Waals surface area contributed by atoms with Crippen molar-refractivity contribution in [2.24, 2.45) is 5.84 Å². The number of fused-ring (bicyclic) bond motifs is 1.